The zero-order valence-corrected chi connectivity index (χ0v) is 13.0. The summed E-state index contributed by atoms with van der Waals surface area (Å²) in [5.41, 5.74) is 7.28. The van der Waals surface area contributed by atoms with Gasteiger partial charge < -0.3 is 10.5 Å². The van der Waals surface area contributed by atoms with Gasteiger partial charge in [-0.3, -0.25) is 9.36 Å². The number of para-hydroxylation sites is 1. The van der Waals surface area contributed by atoms with Crippen LogP contribution in [0.3, 0.4) is 0 Å². The highest BCUT2D eigenvalue weighted by Crippen LogP contribution is 2.16. The molecule has 0 aliphatic rings. The van der Waals surface area contributed by atoms with Crippen molar-refractivity contribution < 1.29 is 4.74 Å². The molecule has 0 fully saturated rings. The van der Waals surface area contributed by atoms with Gasteiger partial charge in [0.25, 0.3) is 5.56 Å². The summed E-state index contributed by atoms with van der Waals surface area (Å²) in [6, 6.07) is 14.3. The van der Waals surface area contributed by atoms with Crippen molar-refractivity contribution in [1.29, 1.82) is 5.26 Å². The number of nitrogens with zero attached hydrogens (tertiary/aromatic N) is 3. The minimum absolute atomic E-state index is 0.121. The fraction of sp³-hybridized carbons (Fsp3) is 0.167. The van der Waals surface area contributed by atoms with Crippen molar-refractivity contribution in [2.75, 3.05) is 12.3 Å². The molecule has 0 aliphatic carbocycles. The van der Waals surface area contributed by atoms with E-state index in [0.29, 0.717) is 47.5 Å². The Hall–Kier alpha value is -3.33. The Bertz CT molecular complexity index is 973. The molecule has 6 nitrogen and oxygen atoms in total. The maximum atomic E-state index is 12.4. The van der Waals surface area contributed by atoms with Crippen LogP contribution >= 0.6 is 0 Å². The number of nitriles is 1. The summed E-state index contributed by atoms with van der Waals surface area (Å²) in [4.78, 5) is 16.7. The van der Waals surface area contributed by atoms with Gasteiger partial charge >= 0.3 is 0 Å². The molecule has 120 valence electrons. The molecule has 0 amide bonds. The first kappa shape index (κ1) is 15.6. The Labute approximate surface area is 138 Å². The quantitative estimate of drug-likeness (QED) is 0.575. The molecule has 0 spiro atoms. The van der Waals surface area contributed by atoms with E-state index in [1.807, 2.05) is 6.07 Å². The van der Waals surface area contributed by atoms with E-state index in [1.54, 1.807) is 41.0 Å². The van der Waals surface area contributed by atoms with Gasteiger partial charge in [0.2, 0.25) is 0 Å². The van der Waals surface area contributed by atoms with Crippen LogP contribution in [-0.4, -0.2) is 16.2 Å². The first-order valence-electron chi connectivity index (χ1n) is 7.55. The van der Waals surface area contributed by atoms with Crippen molar-refractivity contribution in [3.05, 3.63) is 64.7 Å². The molecule has 0 radical (unpaired) electrons. The van der Waals surface area contributed by atoms with Crippen molar-refractivity contribution in [1.82, 2.24) is 9.55 Å². The van der Waals surface area contributed by atoms with Crippen LogP contribution in [0.5, 0.6) is 5.75 Å². The second-order valence-corrected chi connectivity index (χ2v) is 5.33. The van der Waals surface area contributed by atoms with Crippen molar-refractivity contribution in [3.8, 4) is 11.8 Å². The third-order valence-electron chi connectivity index (χ3n) is 3.66. The number of hydrogen-bond donors (Lipinski definition) is 1. The number of rotatable bonds is 5. The summed E-state index contributed by atoms with van der Waals surface area (Å²) in [6.07, 6.45) is 2.15. The van der Waals surface area contributed by atoms with Crippen molar-refractivity contribution in [2.24, 2.45) is 0 Å². The van der Waals surface area contributed by atoms with Crippen LogP contribution in [0.15, 0.2) is 53.6 Å². The number of benzene rings is 2. The van der Waals surface area contributed by atoms with Crippen LogP contribution in [0.25, 0.3) is 10.9 Å². The standard InChI is InChI=1S/C18H16N4O2/c19-11-13-4-1-2-5-17(13)24-9-3-8-22-12-21-16-7-6-14(20)10-15(16)18(22)23/h1-2,4-7,10,12H,3,8-9,20H2. The number of anilines is 1. The third kappa shape index (κ3) is 3.20. The lowest BCUT2D eigenvalue weighted by Crippen LogP contribution is -2.21. The Morgan fingerprint density at radius 1 is 1.25 bits per heavy atom. The highest BCUT2D eigenvalue weighted by atomic mass is 16.5. The molecule has 24 heavy (non-hydrogen) atoms. The summed E-state index contributed by atoms with van der Waals surface area (Å²) in [7, 11) is 0. The molecule has 0 saturated heterocycles. The van der Waals surface area contributed by atoms with Crippen LogP contribution in [0.2, 0.25) is 0 Å². The fourth-order valence-corrected chi connectivity index (χ4v) is 2.44. The Morgan fingerprint density at radius 2 is 2.08 bits per heavy atom. The zero-order valence-electron chi connectivity index (χ0n) is 13.0. The van der Waals surface area contributed by atoms with Crippen LogP contribution in [0, 0.1) is 11.3 Å². The highest BCUT2D eigenvalue weighted by Gasteiger charge is 2.05. The van der Waals surface area contributed by atoms with E-state index in [2.05, 4.69) is 11.1 Å². The number of hydrogen-bond acceptors (Lipinski definition) is 5. The Balaban J connectivity index is 1.67. The molecule has 0 bridgehead atoms. The second-order valence-electron chi connectivity index (χ2n) is 5.33. The summed E-state index contributed by atoms with van der Waals surface area (Å²) in [5, 5.41) is 9.53. The molecule has 6 heteroatoms. The first-order chi connectivity index (χ1) is 11.7. The molecule has 0 saturated carbocycles. The Morgan fingerprint density at radius 3 is 2.92 bits per heavy atom. The number of nitrogen functional groups attached to an aromatic ring is 1. The summed E-state index contributed by atoms with van der Waals surface area (Å²) in [5.74, 6) is 0.553. The third-order valence-corrected chi connectivity index (χ3v) is 3.66. The van der Waals surface area contributed by atoms with Gasteiger partial charge in [-0.15, -0.1) is 0 Å². The summed E-state index contributed by atoms with van der Waals surface area (Å²) in [6.45, 7) is 0.880. The number of aromatic nitrogens is 2. The van der Waals surface area contributed by atoms with E-state index in [1.165, 1.54) is 6.33 Å². The van der Waals surface area contributed by atoms with Gasteiger partial charge in [0.15, 0.2) is 0 Å². The molecule has 0 aliphatic heterocycles. The molecule has 3 aromatic rings. The molecule has 0 atom stereocenters. The maximum Gasteiger partial charge on any atom is 0.261 e. The SMILES string of the molecule is N#Cc1ccccc1OCCCn1cnc2ccc(N)cc2c1=O. The zero-order chi connectivity index (χ0) is 16.9. The van der Waals surface area contributed by atoms with Crippen LogP contribution in [0.4, 0.5) is 5.69 Å². The lowest BCUT2D eigenvalue weighted by Gasteiger charge is -2.09. The number of aryl methyl sites for hydroxylation is 1. The first-order valence-corrected chi connectivity index (χ1v) is 7.55. The predicted molar refractivity (Wildman–Crippen MR) is 91.7 cm³/mol. The van der Waals surface area contributed by atoms with Gasteiger partial charge in [0.1, 0.15) is 11.8 Å². The molecule has 3 rings (SSSR count). The Kier molecular flexibility index (Phi) is 4.43. The molecule has 1 heterocycles. The van der Waals surface area contributed by atoms with E-state index in [9.17, 15) is 4.79 Å². The fourth-order valence-electron chi connectivity index (χ4n) is 2.44. The minimum atomic E-state index is -0.121. The largest absolute Gasteiger partial charge is 0.492 e. The molecular formula is C18H16N4O2. The highest BCUT2D eigenvalue weighted by molar-refractivity contribution is 5.80. The van der Waals surface area contributed by atoms with Gasteiger partial charge in [-0.05, 0) is 36.8 Å². The van der Waals surface area contributed by atoms with Gasteiger partial charge in [0, 0.05) is 12.2 Å². The number of fused-ring (bicyclic) bond motifs is 1. The molecule has 2 N–H and O–H groups in total. The lowest BCUT2D eigenvalue weighted by atomic mass is 10.2. The van der Waals surface area contributed by atoms with Crippen LogP contribution in [0.1, 0.15) is 12.0 Å². The number of ether oxygens (including phenoxy) is 1. The van der Waals surface area contributed by atoms with Gasteiger partial charge in [-0.2, -0.15) is 5.26 Å². The topological polar surface area (TPSA) is 93.9 Å². The summed E-state index contributed by atoms with van der Waals surface area (Å²) >= 11 is 0. The van der Waals surface area contributed by atoms with Crippen molar-refractivity contribution in [2.45, 2.75) is 13.0 Å². The average Bonchev–Trinajstić information content (AvgIpc) is 2.61. The van der Waals surface area contributed by atoms with E-state index in [4.69, 9.17) is 15.7 Å². The van der Waals surface area contributed by atoms with E-state index in [0.717, 1.165) is 0 Å². The smallest absolute Gasteiger partial charge is 0.261 e. The summed E-state index contributed by atoms with van der Waals surface area (Å²) < 4.78 is 7.16. The van der Waals surface area contributed by atoms with Gasteiger partial charge in [-0.25, -0.2) is 4.98 Å². The van der Waals surface area contributed by atoms with Crippen molar-refractivity contribution in [3.63, 3.8) is 0 Å². The molecular weight excluding hydrogens is 304 g/mol. The minimum Gasteiger partial charge on any atom is -0.492 e. The van der Waals surface area contributed by atoms with E-state index < -0.39 is 0 Å². The maximum absolute atomic E-state index is 12.4. The van der Waals surface area contributed by atoms with E-state index >= 15 is 0 Å². The monoisotopic (exact) mass is 320 g/mol. The molecule has 2 aromatic carbocycles. The van der Waals surface area contributed by atoms with Crippen LogP contribution in [-0.2, 0) is 6.54 Å². The van der Waals surface area contributed by atoms with Crippen LogP contribution < -0.4 is 16.0 Å². The molecule has 1 aromatic heterocycles. The van der Waals surface area contributed by atoms with Gasteiger partial charge in [-0.1, -0.05) is 12.1 Å². The normalized spacial score (nSPS) is 10.5. The molecule has 0 unspecified atom stereocenters. The van der Waals surface area contributed by atoms with E-state index in [-0.39, 0.29) is 5.56 Å². The predicted octanol–water partition coefficient (Wildman–Crippen LogP) is 2.32. The van der Waals surface area contributed by atoms with Gasteiger partial charge in [0.05, 0.1) is 29.4 Å². The number of nitrogens with two attached hydrogens (primary N) is 1. The van der Waals surface area contributed by atoms with Crippen molar-refractivity contribution >= 4 is 16.6 Å². The average molecular weight is 320 g/mol. The lowest BCUT2D eigenvalue weighted by molar-refractivity contribution is 0.300. The second kappa shape index (κ2) is 6.84.